The van der Waals surface area contributed by atoms with Crippen LogP contribution < -0.4 is 0 Å². The van der Waals surface area contributed by atoms with Gasteiger partial charge in [-0.05, 0) is 83.5 Å². The van der Waals surface area contributed by atoms with Gasteiger partial charge in [0.1, 0.15) is 6.61 Å². The van der Waals surface area contributed by atoms with Crippen molar-refractivity contribution >= 4 is 11.9 Å². The molecule has 1 atom stereocenters. The third kappa shape index (κ3) is 54.2. The van der Waals surface area contributed by atoms with Crippen molar-refractivity contribution in [2.45, 2.75) is 297 Å². The molecule has 0 spiro atoms. The Morgan fingerprint density at radius 3 is 1.11 bits per heavy atom. The Morgan fingerprint density at radius 1 is 0.348 bits per heavy atom. The molecule has 0 radical (unpaired) electrons. The molecule has 5 heteroatoms. The average Bonchev–Trinajstić information content (AvgIpc) is 3.32. The molecule has 1 unspecified atom stereocenters. The van der Waals surface area contributed by atoms with Gasteiger partial charge >= 0.3 is 11.9 Å². The number of hydrogen-bond acceptors (Lipinski definition) is 5. The summed E-state index contributed by atoms with van der Waals surface area (Å²) in [5.74, 6) is -0.410. The second-order valence-electron chi connectivity index (χ2n) is 19.2. The highest BCUT2D eigenvalue weighted by Crippen LogP contribution is 2.16. The Morgan fingerprint density at radius 2 is 0.682 bits per heavy atom. The molecule has 0 rings (SSSR count). The van der Waals surface area contributed by atoms with E-state index in [1.807, 2.05) is 0 Å². The molecule has 0 amide bonds. The van der Waals surface area contributed by atoms with Crippen LogP contribution >= 0.6 is 0 Å². The summed E-state index contributed by atoms with van der Waals surface area (Å²) < 4.78 is 17.5. The van der Waals surface area contributed by atoms with Gasteiger partial charge in [0.05, 0.1) is 6.61 Å². The van der Waals surface area contributed by atoms with Crippen molar-refractivity contribution in [2.24, 2.45) is 0 Å². The zero-order chi connectivity index (χ0) is 47.7. The molecule has 0 bridgehead atoms. The molecule has 0 aliphatic heterocycles. The lowest BCUT2D eigenvalue weighted by Gasteiger charge is -2.18. The minimum absolute atomic E-state index is 0.0766. The largest absolute Gasteiger partial charge is 0.462 e. The van der Waals surface area contributed by atoms with Crippen molar-refractivity contribution in [1.82, 2.24) is 0 Å². The van der Waals surface area contributed by atoms with Crippen molar-refractivity contribution in [3.8, 4) is 0 Å². The van der Waals surface area contributed by atoms with E-state index in [1.165, 1.54) is 167 Å². The highest BCUT2D eigenvalue weighted by Gasteiger charge is 2.17. The average molecular weight is 924 g/mol. The van der Waals surface area contributed by atoms with Crippen LogP contribution in [0.25, 0.3) is 0 Å². The van der Waals surface area contributed by atoms with Crippen molar-refractivity contribution in [2.75, 3.05) is 19.8 Å². The second kappa shape index (κ2) is 56.9. The highest BCUT2D eigenvalue weighted by atomic mass is 16.6. The molecular weight excluding hydrogens is 813 g/mol. The van der Waals surface area contributed by atoms with Crippen LogP contribution in [0.2, 0.25) is 0 Å². The summed E-state index contributed by atoms with van der Waals surface area (Å²) in [4.78, 5) is 25.5. The molecule has 66 heavy (non-hydrogen) atoms. The quantitative estimate of drug-likeness (QED) is 0.0346. The molecule has 5 nitrogen and oxygen atoms in total. The first-order chi connectivity index (χ1) is 32.6. The van der Waals surface area contributed by atoms with Crippen LogP contribution in [-0.2, 0) is 23.8 Å². The smallest absolute Gasteiger partial charge is 0.306 e. The predicted octanol–water partition coefficient (Wildman–Crippen LogP) is 19.7. The fourth-order valence-corrected chi connectivity index (χ4v) is 8.26. The van der Waals surface area contributed by atoms with E-state index in [-0.39, 0.29) is 25.2 Å². The van der Waals surface area contributed by atoms with Crippen LogP contribution in [0.3, 0.4) is 0 Å². The Balaban J connectivity index is 4.28. The Bertz CT molecular complexity index is 1130. The zero-order valence-corrected chi connectivity index (χ0v) is 44.2. The molecule has 0 fully saturated rings. The van der Waals surface area contributed by atoms with Crippen LogP contribution in [-0.4, -0.2) is 37.9 Å². The number of carbonyl (C=O) groups is 2. The van der Waals surface area contributed by atoms with Crippen LogP contribution in [0.4, 0.5) is 0 Å². The summed E-state index contributed by atoms with van der Waals surface area (Å²) in [6.45, 7) is 7.73. The lowest BCUT2D eigenvalue weighted by molar-refractivity contribution is -0.163. The first-order valence-electron chi connectivity index (χ1n) is 28.8. The zero-order valence-electron chi connectivity index (χ0n) is 44.2. The van der Waals surface area contributed by atoms with Gasteiger partial charge in [0.2, 0.25) is 0 Å². The van der Waals surface area contributed by atoms with Crippen LogP contribution in [0, 0.1) is 0 Å². The van der Waals surface area contributed by atoms with Gasteiger partial charge in [0.25, 0.3) is 0 Å². The molecule has 0 aromatic rings. The van der Waals surface area contributed by atoms with Crippen molar-refractivity contribution in [1.29, 1.82) is 0 Å². The first-order valence-corrected chi connectivity index (χ1v) is 28.8. The minimum Gasteiger partial charge on any atom is -0.462 e. The second-order valence-corrected chi connectivity index (χ2v) is 19.2. The van der Waals surface area contributed by atoms with E-state index < -0.39 is 6.10 Å². The maximum absolute atomic E-state index is 12.8. The number of ether oxygens (including phenoxy) is 3. The number of esters is 2. The van der Waals surface area contributed by atoms with E-state index in [2.05, 4.69) is 81.5 Å². The topological polar surface area (TPSA) is 61.8 Å². The van der Waals surface area contributed by atoms with Gasteiger partial charge in [-0.15, -0.1) is 0 Å². The minimum atomic E-state index is -0.546. The number of allylic oxidation sites excluding steroid dienone is 10. The molecule has 0 aromatic heterocycles. The summed E-state index contributed by atoms with van der Waals surface area (Å²) in [6.07, 6.45) is 72.4. The fraction of sp³-hybridized carbons (Fsp3) is 0.803. The molecule has 384 valence electrons. The van der Waals surface area contributed by atoms with E-state index in [1.54, 1.807) is 0 Å². The van der Waals surface area contributed by atoms with E-state index in [0.717, 1.165) is 89.9 Å². The van der Waals surface area contributed by atoms with Crippen LogP contribution in [0.1, 0.15) is 290 Å². The van der Waals surface area contributed by atoms with Crippen LogP contribution in [0.5, 0.6) is 0 Å². The van der Waals surface area contributed by atoms with Gasteiger partial charge in [-0.2, -0.15) is 0 Å². The summed E-state index contributed by atoms with van der Waals surface area (Å²) in [5, 5.41) is 0. The van der Waals surface area contributed by atoms with Crippen molar-refractivity contribution in [3.05, 3.63) is 60.8 Å². The monoisotopic (exact) mass is 923 g/mol. The van der Waals surface area contributed by atoms with Crippen molar-refractivity contribution < 1.29 is 23.8 Å². The Hall–Kier alpha value is -2.40. The van der Waals surface area contributed by atoms with Gasteiger partial charge < -0.3 is 14.2 Å². The maximum atomic E-state index is 12.8. The summed E-state index contributed by atoms with van der Waals surface area (Å²) in [6, 6.07) is 0. The van der Waals surface area contributed by atoms with Crippen molar-refractivity contribution in [3.63, 3.8) is 0 Å². The molecule has 0 saturated carbocycles. The summed E-state index contributed by atoms with van der Waals surface area (Å²) in [7, 11) is 0. The molecule has 0 heterocycles. The summed E-state index contributed by atoms with van der Waals surface area (Å²) in [5.41, 5.74) is 0. The Labute approximate surface area is 411 Å². The molecular formula is C61H110O5. The van der Waals surface area contributed by atoms with Gasteiger partial charge in [-0.1, -0.05) is 255 Å². The van der Waals surface area contributed by atoms with E-state index in [4.69, 9.17) is 14.2 Å². The van der Waals surface area contributed by atoms with Gasteiger partial charge in [-0.3, -0.25) is 9.59 Å². The Kier molecular flexibility index (Phi) is 54.9. The normalized spacial score (nSPS) is 12.6. The standard InChI is InChI=1S/C61H110O5/c1-4-7-10-13-16-19-22-25-28-30-31-32-34-36-39-42-45-48-51-54-60(62)65-58-59(57-64-56-53-50-47-44-41-38-35-29-26-23-20-17-14-11-8-5-2)66-61(63)55-52-49-46-43-40-37-33-27-24-21-18-15-12-9-6-3/h7,10,16,19,25,27-28,31-33,59H,4-6,8-9,11-15,17-18,20-24,26,29-30,34-58H2,1-3H3/b10-7-,19-16-,28-25-,32-31-,33-27-. The fourth-order valence-electron chi connectivity index (χ4n) is 8.26. The molecule has 0 saturated heterocycles. The lowest BCUT2D eigenvalue weighted by atomic mass is 10.0. The predicted molar refractivity (Wildman–Crippen MR) is 288 cm³/mol. The van der Waals surface area contributed by atoms with Gasteiger partial charge in [0.15, 0.2) is 6.10 Å². The first kappa shape index (κ1) is 63.6. The third-order valence-corrected chi connectivity index (χ3v) is 12.5. The number of hydrogen-bond donors (Lipinski definition) is 0. The highest BCUT2D eigenvalue weighted by molar-refractivity contribution is 5.70. The van der Waals surface area contributed by atoms with Gasteiger partial charge in [0, 0.05) is 19.4 Å². The number of unbranched alkanes of at least 4 members (excludes halogenated alkanes) is 32. The SMILES string of the molecule is CC/C=C\C/C=C\C/C=C\C/C=C\CCCCCCCCC(=O)OCC(COCCCCCCCCCCCCCCCCCC)OC(=O)CCCCCCC/C=C\CCCCCCCC. The number of carbonyl (C=O) groups excluding carboxylic acids is 2. The summed E-state index contributed by atoms with van der Waals surface area (Å²) >= 11 is 0. The maximum Gasteiger partial charge on any atom is 0.306 e. The molecule has 0 aliphatic carbocycles. The number of rotatable bonds is 53. The molecule has 0 N–H and O–H groups in total. The van der Waals surface area contributed by atoms with E-state index >= 15 is 0 Å². The third-order valence-electron chi connectivity index (χ3n) is 12.5. The van der Waals surface area contributed by atoms with Gasteiger partial charge in [-0.25, -0.2) is 0 Å². The van der Waals surface area contributed by atoms with Crippen LogP contribution in [0.15, 0.2) is 60.8 Å². The lowest BCUT2D eigenvalue weighted by Crippen LogP contribution is -2.30. The molecule has 0 aliphatic rings. The van der Waals surface area contributed by atoms with E-state index in [9.17, 15) is 9.59 Å². The molecule has 0 aromatic carbocycles. The van der Waals surface area contributed by atoms with E-state index in [0.29, 0.717) is 19.4 Å².